The van der Waals surface area contributed by atoms with E-state index in [0.29, 0.717) is 0 Å². The van der Waals surface area contributed by atoms with Crippen molar-refractivity contribution >= 4 is 15.9 Å². The Kier molecular flexibility index (Phi) is 5.02. The van der Waals surface area contributed by atoms with Crippen LogP contribution in [0.5, 0.6) is 0 Å². The summed E-state index contributed by atoms with van der Waals surface area (Å²) < 4.78 is 1.12. The molecule has 0 spiro atoms. The summed E-state index contributed by atoms with van der Waals surface area (Å²) in [5, 5.41) is 0. The Balaban J connectivity index is 0.000000810. The summed E-state index contributed by atoms with van der Waals surface area (Å²) in [6.45, 7) is 2.08. The Bertz CT molecular complexity index is 180. The SMILES string of the molecule is C[C-]1C=CC=C(Br)C=C1.[Rh]. The Morgan fingerprint density at radius 1 is 1.40 bits per heavy atom. The molecule has 0 atom stereocenters. The number of hydrogen-bond acceptors (Lipinski definition) is 0. The van der Waals surface area contributed by atoms with Crippen molar-refractivity contribution in [3.05, 3.63) is 40.8 Å². The molecule has 0 heterocycles. The third-order valence-electron chi connectivity index (χ3n) is 1.12. The van der Waals surface area contributed by atoms with E-state index in [0.717, 1.165) is 4.48 Å². The normalized spacial score (nSPS) is 15.8. The smallest absolute Gasteiger partial charge is 0 e. The van der Waals surface area contributed by atoms with E-state index in [4.69, 9.17) is 0 Å². The van der Waals surface area contributed by atoms with Gasteiger partial charge in [-0.1, -0.05) is 22.9 Å². The Morgan fingerprint density at radius 2 is 2.10 bits per heavy atom. The van der Waals surface area contributed by atoms with Crippen LogP contribution < -0.4 is 0 Å². The van der Waals surface area contributed by atoms with E-state index >= 15 is 0 Å². The van der Waals surface area contributed by atoms with E-state index in [1.54, 1.807) is 0 Å². The molecule has 1 aliphatic rings. The van der Waals surface area contributed by atoms with Gasteiger partial charge in [0, 0.05) is 19.5 Å². The molecule has 0 aliphatic heterocycles. The molecule has 0 saturated carbocycles. The van der Waals surface area contributed by atoms with Gasteiger partial charge in [-0.2, -0.15) is 24.1 Å². The second kappa shape index (κ2) is 4.93. The fourth-order valence-electron chi connectivity index (χ4n) is 0.614. The average Bonchev–Trinajstić information content (AvgIpc) is 1.97. The Morgan fingerprint density at radius 3 is 2.80 bits per heavy atom. The molecule has 1 rings (SSSR count). The van der Waals surface area contributed by atoms with E-state index < -0.39 is 0 Å². The molecular weight excluding hydrogens is 279 g/mol. The summed E-state index contributed by atoms with van der Waals surface area (Å²) in [5.41, 5.74) is 0. The molecule has 10 heavy (non-hydrogen) atoms. The van der Waals surface area contributed by atoms with Gasteiger partial charge in [-0.25, -0.2) is 0 Å². The largest absolute Gasteiger partial charge is 0.169 e. The van der Waals surface area contributed by atoms with Crippen molar-refractivity contribution in [3.8, 4) is 0 Å². The molecule has 0 unspecified atom stereocenters. The van der Waals surface area contributed by atoms with Crippen molar-refractivity contribution < 1.29 is 19.5 Å². The molecule has 0 aromatic heterocycles. The van der Waals surface area contributed by atoms with Gasteiger partial charge in [0.25, 0.3) is 0 Å². The third-order valence-corrected chi connectivity index (χ3v) is 1.65. The summed E-state index contributed by atoms with van der Waals surface area (Å²) in [7, 11) is 0. The number of rotatable bonds is 0. The van der Waals surface area contributed by atoms with Crippen molar-refractivity contribution in [2.75, 3.05) is 0 Å². The van der Waals surface area contributed by atoms with Crippen LogP contribution in [0.25, 0.3) is 0 Å². The van der Waals surface area contributed by atoms with Crippen LogP contribution >= 0.6 is 15.9 Å². The van der Waals surface area contributed by atoms with Crippen LogP contribution in [-0.4, -0.2) is 0 Å². The van der Waals surface area contributed by atoms with Crippen molar-refractivity contribution in [1.82, 2.24) is 0 Å². The van der Waals surface area contributed by atoms with Gasteiger partial charge in [0.2, 0.25) is 0 Å². The standard InChI is InChI=1S/C8H8Br.Rh/c1-7-3-2-4-8(9)6-5-7;/h2-6H,1H3;/q-1;. The van der Waals surface area contributed by atoms with Crippen molar-refractivity contribution in [3.63, 3.8) is 0 Å². The first-order chi connectivity index (χ1) is 4.29. The zero-order valence-electron chi connectivity index (χ0n) is 5.60. The van der Waals surface area contributed by atoms with Gasteiger partial charge in [-0.05, 0) is 4.48 Å². The first kappa shape index (κ1) is 10.2. The Hall–Kier alpha value is 0.193. The van der Waals surface area contributed by atoms with Crippen molar-refractivity contribution in [2.24, 2.45) is 0 Å². The monoisotopic (exact) mass is 286 g/mol. The number of halogens is 1. The molecule has 0 aromatic carbocycles. The van der Waals surface area contributed by atoms with Gasteiger partial charge in [0.05, 0.1) is 0 Å². The summed E-state index contributed by atoms with van der Waals surface area (Å²) in [6.07, 6.45) is 10.2. The maximum atomic E-state index is 3.38. The van der Waals surface area contributed by atoms with Gasteiger partial charge in [0.1, 0.15) is 0 Å². The molecule has 1 aliphatic carbocycles. The molecular formula is C8H8BrRh-. The molecule has 1 radical (unpaired) electrons. The predicted octanol–water partition coefficient (Wildman–Crippen LogP) is 2.98. The van der Waals surface area contributed by atoms with Crippen LogP contribution in [0, 0.1) is 5.92 Å². The summed E-state index contributed by atoms with van der Waals surface area (Å²) in [6, 6.07) is 0. The second-order valence-electron chi connectivity index (χ2n) is 1.99. The maximum Gasteiger partial charge on any atom is 0 e. The van der Waals surface area contributed by atoms with Gasteiger partial charge in [0.15, 0.2) is 0 Å². The van der Waals surface area contributed by atoms with Gasteiger partial charge >= 0.3 is 0 Å². The molecule has 0 N–H and O–H groups in total. The molecule has 0 aromatic rings. The van der Waals surface area contributed by atoms with Crippen LogP contribution in [0.3, 0.4) is 0 Å². The Labute approximate surface area is 83.0 Å². The molecule has 0 saturated heterocycles. The number of allylic oxidation sites excluding steroid dienone is 6. The van der Waals surface area contributed by atoms with E-state index in [2.05, 4.69) is 35.0 Å². The van der Waals surface area contributed by atoms with Gasteiger partial charge in [-0.3, -0.25) is 0 Å². The fourth-order valence-corrected chi connectivity index (χ4v) is 0.899. The van der Waals surface area contributed by atoms with E-state index in [-0.39, 0.29) is 19.5 Å². The number of hydrogen-bond donors (Lipinski definition) is 0. The second-order valence-corrected chi connectivity index (χ2v) is 2.90. The van der Waals surface area contributed by atoms with Crippen LogP contribution in [0.1, 0.15) is 6.92 Å². The van der Waals surface area contributed by atoms with Crippen molar-refractivity contribution in [2.45, 2.75) is 6.92 Å². The van der Waals surface area contributed by atoms with Crippen LogP contribution in [0.2, 0.25) is 0 Å². The summed E-state index contributed by atoms with van der Waals surface area (Å²) in [5.74, 6) is 1.28. The van der Waals surface area contributed by atoms with Gasteiger partial charge in [-0.15, -0.1) is 12.2 Å². The summed E-state index contributed by atoms with van der Waals surface area (Å²) >= 11 is 3.38. The minimum Gasteiger partial charge on any atom is -0.169 e. The topological polar surface area (TPSA) is 0 Å². The van der Waals surface area contributed by atoms with Crippen LogP contribution in [0.4, 0.5) is 0 Å². The average molecular weight is 287 g/mol. The molecule has 0 fully saturated rings. The first-order valence-electron chi connectivity index (χ1n) is 2.84. The van der Waals surface area contributed by atoms with Crippen LogP contribution in [0.15, 0.2) is 34.9 Å². The molecule has 0 amide bonds. The molecule has 0 bridgehead atoms. The zero-order valence-corrected chi connectivity index (χ0v) is 8.82. The zero-order chi connectivity index (χ0) is 6.69. The fraction of sp³-hybridized carbons (Fsp3) is 0.125. The predicted molar refractivity (Wildman–Crippen MR) is 44.2 cm³/mol. The van der Waals surface area contributed by atoms with Crippen molar-refractivity contribution in [1.29, 1.82) is 0 Å². The molecule has 57 valence electrons. The minimum absolute atomic E-state index is 0. The van der Waals surface area contributed by atoms with Gasteiger partial charge < -0.3 is 0 Å². The first-order valence-corrected chi connectivity index (χ1v) is 3.64. The quantitative estimate of drug-likeness (QED) is 0.474. The van der Waals surface area contributed by atoms with Crippen LogP contribution in [-0.2, 0) is 19.5 Å². The summed E-state index contributed by atoms with van der Waals surface area (Å²) in [4.78, 5) is 0. The maximum absolute atomic E-state index is 3.38. The molecule has 0 nitrogen and oxygen atoms in total. The molecule has 2 heteroatoms. The minimum atomic E-state index is 0. The van der Waals surface area contributed by atoms with E-state index in [9.17, 15) is 0 Å². The third kappa shape index (κ3) is 3.38. The van der Waals surface area contributed by atoms with E-state index in [1.165, 1.54) is 5.92 Å². The van der Waals surface area contributed by atoms with E-state index in [1.807, 2.05) is 18.2 Å².